The van der Waals surface area contributed by atoms with Crippen molar-refractivity contribution in [3.05, 3.63) is 95.5 Å². The van der Waals surface area contributed by atoms with Crippen LogP contribution in [0.2, 0.25) is 5.02 Å². The Labute approximate surface area is 183 Å². The fourth-order valence-corrected chi connectivity index (χ4v) is 5.30. The highest BCUT2D eigenvalue weighted by Crippen LogP contribution is 2.36. The van der Waals surface area contributed by atoms with E-state index in [1.807, 2.05) is 0 Å². The number of aromatic nitrogens is 2. The van der Waals surface area contributed by atoms with Gasteiger partial charge in [-0.1, -0.05) is 35.9 Å². The molecular weight excluding hydrogens is 444 g/mol. The molecule has 3 aromatic carbocycles. The first-order chi connectivity index (χ1) is 14.9. The van der Waals surface area contributed by atoms with Crippen LogP contribution in [-0.2, 0) is 10.0 Å². The van der Waals surface area contributed by atoms with E-state index in [-0.39, 0.29) is 21.1 Å². The molecule has 0 N–H and O–H groups in total. The molecule has 0 aliphatic rings. The molecule has 0 unspecified atom stereocenters. The van der Waals surface area contributed by atoms with Gasteiger partial charge in [0.25, 0.3) is 10.0 Å². The van der Waals surface area contributed by atoms with E-state index in [0.29, 0.717) is 11.1 Å². The Morgan fingerprint density at radius 3 is 2.39 bits per heavy atom. The third-order valence-corrected chi connectivity index (χ3v) is 6.85. The summed E-state index contributed by atoms with van der Waals surface area (Å²) in [6, 6.07) is 14.5. The molecular formula is C22H16ClF2N3O2S. The number of alkyl halides is 1. The molecule has 5 nitrogen and oxygen atoms in total. The molecule has 0 saturated heterocycles. The molecule has 4 rings (SSSR count). The molecule has 31 heavy (non-hydrogen) atoms. The van der Waals surface area contributed by atoms with Gasteiger partial charge in [0.2, 0.25) is 0 Å². The van der Waals surface area contributed by atoms with E-state index in [1.54, 1.807) is 24.3 Å². The highest BCUT2D eigenvalue weighted by atomic mass is 35.5. The Balaban J connectivity index is 1.96. The summed E-state index contributed by atoms with van der Waals surface area (Å²) in [5.74, 6) is -0.511. The quantitative estimate of drug-likeness (QED) is 0.391. The average Bonchev–Trinajstić information content (AvgIpc) is 2.77. The molecule has 0 aliphatic carbocycles. The zero-order valence-corrected chi connectivity index (χ0v) is 17.6. The molecule has 0 amide bonds. The number of benzene rings is 3. The number of sulfonamides is 1. The van der Waals surface area contributed by atoms with Crippen molar-refractivity contribution >= 4 is 38.3 Å². The SMILES string of the molecule is O=S(=O)(c1cccc2nccnc12)N(c1cccc(Cl)c1)[C@H](CF)c1ccc(F)cc1. The number of para-hydroxylation sites is 1. The van der Waals surface area contributed by atoms with Crippen LogP contribution in [0.15, 0.2) is 84.0 Å². The monoisotopic (exact) mass is 459 g/mol. The molecule has 1 heterocycles. The van der Waals surface area contributed by atoms with Crippen LogP contribution in [0.25, 0.3) is 11.0 Å². The summed E-state index contributed by atoms with van der Waals surface area (Å²) in [6.45, 7) is -1.05. The van der Waals surface area contributed by atoms with Crippen LogP contribution in [0.5, 0.6) is 0 Å². The van der Waals surface area contributed by atoms with Crippen LogP contribution >= 0.6 is 11.6 Å². The minimum absolute atomic E-state index is 0.126. The molecule has 158 valence electrons. The molecule has 1 aromatic heterocycles. The highest BCUT2D eigenvalue weighted by Gasteiger charge is 2.34. The first-order valence-corrected chi connectivity index (χ1v) is 11.0. The standard InChI is InChI=1S/C22H16ClF2N3O2S/c23-16-3-1-4-18(13-16)28(20(14-24)15-7-9-17(25)10-8-15)31(29,30)21-6-2-5-19-22(21)27-12-11-26-19/h1-13,20H,14H2/t20-/m1/s1. The maximum absolute atomic E-state index is 14.4. The van der Waals surface area contributed by atoms with E-state index in [9.17, 15) is 17.2 Å². The smallest absolute Gasteiger partial charge is 0.256 e. The van der Waals surface area contributed by atoms with E-state index in [2.05, 4.69) is 9.97 Å². The first kappa shape index (κ1) is 21.1. The molecule has 0 spiro atoms. The van der Waals surface area contributed by atoms with E-state index in [4.69, 9.17) is 11.6 Å². The van der Waals surface area contributed by atoms with Gasteiger partial charge in [-0.15, -0.1) is 0 Å². The van der Waals surface area contributed by atoms with Gasteiger partial charge in [-0.2, -0.15) is 0 Å². The fourth-order valence-electron chi connectivity index (χ4n) is 3.35. The van der Waals surface area contributed by atoms with Crippen molar-refractivity contribution in [2.45, 2.75) is 10.9 Å². The minimum Gasteiger partial charge on any atom is -0.256 e. The third-order valence-electron chi connectivity index (χ3n) is 4.75. The van der Waals surface area contributed by atoms with Gasteiger partial charge >= 0.3 is 0 Å². The average molecular weight is 460 g/mol. The lowest BCUT2D eigenvalue weighted by atomic mass is 10.1. The number of rotatable bonds is 6. The van der Waals surface area contributed by atoms with Gasteiger partial charge in [-0.25, -0.2) is 17.2 Å². The van der Waals surface area contributed by atoms with Crippen LogP contribution in [0.1, 0.15) is 11.6 Å². The van der Waals surface area contributed by atoms with Crippen molar-refractivity contribution in [1.82, 2.24) is 9.97 Å². The van der Waals surface area contributed by atoms with Gasteiger partial charge in [-0.3, -0.25) is 14.3 Å². The van der Waals surface area contributed by atoms with Crippen LogP contribution in [-0.4, -0.2) is 25.1 Å². The number of hydrogen-bond acceptors (Lipinski definition) is 4. The van der Waals surface area contributed by atoms with E-state index < -0.39 is 28.6 Å². The number of fused-ring (bicyclic) bond motifs is 1. The zero-order valence-electron chi connectivity index (χ0n) is 16.0. The summed E-state index contributed by atoms with van der Waals surface area (Å²) in [7, 11) is -4.33. The predicted octanol–water partition coefficient (Wildman–Crippen LogP) is 5.33. The summed E-state index contributed by atoms with van der Waals surface area (Å²) < 4.78 is 56.5. The lowest BCUT2D eigenvalue weighted by molar-refractivity contribution is 0.434. The summed E-state index contributed by atoms with van der Waals surface area (Å²) in [5.41, 5.74) is 1.00. The van der Waals surface area contributed by atoms with Crippen LogP contribution in [0.4, 0.5) is 14.5 Å². The van der Waals surface area contributed by atoms with Crippen molar-refractivity contribution < 1.29 is 17.2 Å². The summed E-state index contributed by atoms with van der Waals surface area (Å²) in [6.07, 6.45) is 2.84. The lowest BCUT2D eigenvalue weighted by Gasteiger charge is -2.32. The van der Waals surface area contributed by atoms with Crippen molar-refractivity contribution in [2.24, 2.45) is 0 Å². The summed E-state index contributed by atoms with van der Waals surface area (Å²) in [5, 5.41) is 0.284. The fraction of sp³-hybridized carbons (Fsp3) is 0.0909. The van der Waals surface area contributed by atoms with Gasteiger partial charge in [0.05, 0.1) is 17.2 Å². The van der Waals surface area contributed by atoms with Crippen molar-refractivity contribution in [3.8, 4) is 0 Å². The molecule has 0 saturated carbocycles. The molecule has 0 bridgehead atoms. The second-order valence-corrected chi connectivity index (χ2v) is 8.90. The second-order valence-electron chi connectivity index (χ2n) is 6.68. The molecule has 4 aromatic rings. The third kappa shape index (κ3) is 4.08. The van der Waals surface area contributed by atoms with E-state index in [1.165, 1.54) is 42.7 Å². The predicted molar refractivity (Wildman–Crippen MR) is 116 cm³/mol. The number of halogens is 3. The zero-order chi connectivity index (χ0) is 22.0. The van der Waals surface area contributed by atoms with E-state index >= 15 is 0 Å². The van der Waals surface area contributed by atoms with E-state index in [0.717, 1.165) is 16.4 Å². The Hall–Kier alpha value is -3.10. The normalized spacial score (nSPS) is 12.6. The van der Waals surface area contributed by atoms with Gasteiger partial charge in [0.15, 0.2) is 0 Å². The van der Waals surface area contributed by atoms with Gasteiger partial charge < -0.3 is 0 Å². The molecule has 0 fully saturated rings. The largest absolute Gasteiger partial charge is 0.267 e. The molecule has 1 atom stereocenters. The van der Waals surface area contributed by atoms with Gasteiger partial charge in [-0.05, 0) is 48.0 Å². The number of anilines is 1. The Kier molecular flexibility index (Phi) is 5.84. The van der Waals surface area contributed by atoms with Gasteiger partial charge in [0, 0.05) is 17.4 Å². The van der Waals surface area contributed by atoms with Crippen molar-refractivity contribution in [3.63, 3.8) is 0 Å². The number of hydrogen-bond donors (Lipinski definition) is 0. The highest BCUT2D eigenvalue weighted by molar-refractivity contribution is 7.93. The molecule has 0 radical (unpaired) electrons. The maximum atomic E-state index is 14.4. The molecule has 0 aliphatic heterocycles. The van der Waals surface area contributed by atoms with Crippen LogP contribution in [0.3, 0.4) is 0 Å². The van der Waals surface area contributed by atoms with Gasteiger partial charge in [0.1, 0.15) is 22.9 Å². The topological polar surface area (TPSA) is 63.2 Å². The van der Waals surface area contributed by atoms with Crippen LogP contribution < -0.4 is 4.31 Å². The first-order valence-electron chi connectivity index (χ1n) is 9.23. The van der Waals surface area contributed by atoms with Crippen LogP contribution in [0, 0.1) is 5.82 Å². The minimum atomic E-state index is -4.33. The Morgan fingerprint density at radius 2 is 1.68 bits per heavy atom. The Bertz CT molecular complexity index is 1330. The Morgan fingerprint density at radius 1 is 0.968 bits per heavy atom. The van der Waals surface area contributed by atoms with Crippen molar-refractivity contribution in [1.29, 1.82) is 0 Å². The van der Waals surface area contributed by atoms with Crippen molar-refractivity contribution in [2.75, 3.05) is 11.0 Å². The second kappa shape index (κ2) is 8.56. The maximum Gasteiger partial charge on any atom is 0.267 e. The molecule has 9 heteroatoms. The lowest BCUT2D eigenvalue weighted by Crippen LogP contribution is -2.36. The number of nitrogens with zero attached hydrogens (tertiary/aromatic N) is 3. The summed E-state index contributed by atoms with van der Waals surface area (Å²) >= 11 is 6.11. The summed E-state index contributed by atoms with van der Waals surface area (Å²) in [4.78, 5) is 8.20.